The molecule has 1 saturated heterocycles. The van der Waals surface area contributed by atoms with Crippen LogP contribution in [0.15, 0.2) is 24.3 Å². The SMILES string of the molecule is CC(C)C(=O)N1C[C@H]2CN(C(=O)C3CC3)C[C@@H]2c2ccccc21. The molecule has 2 atom stereocenters. The van der Waals surface area contributed by atoms with E-state index in [0.29, 0.717) is 17.7 Å². The van der Waals surface area contributed by atoms with Crippen LogP contribution in [0.5, 0.6) is 0 Å². The topological polar surface area (TPSA) is 40.6 Å². The molecule has 23 heavy (non-hydrogen) atoms. The molecule has 2 aliphatic heterocycles. The number of para-hydroxylation sites is 1. The number of rotatable bonds is 2. The van der Waals surface area contributed by atoms with Crippen LogP contribution in [0, 0.1) is 17.8 Å². The van der Waals surface area contributed by atoms with Crippen LogP contribution in [-0.4, -0.2) is 36.3 Å². The van der Waals surface area contributed by atoms with Crippen molar-refractivity contribution in [1.82, 2.24) is 4.90 Å². The van der Waals surface area contributed by atoms with Crippen molar-refractivity contribution < 1.29 is 9.59 Å². The number of nitrogens with zero attached hydrogens (tertiary/aromatic N) is 2. The first-order valence-corrected chi connectivity index (χ1v) is 8.75. The Morgan fingerprint density at radius 2 is 1.83 bits per heavy atom. The average molecular weight is 312 g/mol. The van der Waals surface area contributed by atoms with E-state index in [1.54, 1.807) is 0 Å². The fourth-order valence-corrected chi connectivity index (χ4v) is 4.08. The van der Waals surface area contributed by atoms with Gasteiger partial charge in [-0.05, 0) is 24.5 Å². The number of likely N-dealkylation sites (tertiary alicyclic amines) is 1. The molecular formula is C19H24N2O2. The summed E-state index contributed by atoms with van der Waals surface area (Å²) in [6, 6.07) is 8.24. The summed E-state index contributed by atoms with van der Waals surface area (Å²) < 4.78 is 0. The highest BCUT2D eigenvalue weighted by Crippen LogP contribution is 2.44. The van der Waals surface area contributed by atoms with Crippen LogP contribution >= 0.6 is 0 Å². The van der Waals surface area contributed by atoms with Crippen LogP contribution in [0.3, 0.4) is 0 Å². The third kappa shape index (κ3) is 2.44. The van der Waals surface area contributed by atoms with Crippen LogP contribution in [0.4, 0.5) is 5.69 Å². The zero-order valence-electron chi connectivity index (χ0n) is 13.9. The fourth-order valence-electron chi connectivity index (χ4n) is 4.08. The number of hydrogen-bond donors (Lipinski definition) is 0. The maximum Gasteiger partial charge on any atom is 0.229 e. The number of fused-ring (bicyclic) bond motifs is 3. The second kappa shape index (κ2) is 5.36. The maximum atomic E-state index is 12.6. The molecule has 0 aromatic heterocycles. The van der Waals surface area contributed by atoms with Crippen molar-refractivity contribution >= 4 is 17.5 Å². The Kier molecular flexibility index (Phi) is 3.43. The quantitative estimate of drug-likeness (QED) is 0.842. The van der Waals surface area contributed by atoms with Crippen molar-refractivity contribution in [2.75, 3.05) is 24.5 Å². The van der Waals surface area contributed by atoms with Crippen molar-refractivity contribution in [3.8, 4) is 0 Å². The van der Waals surface area contributed by atoms with Gasteiger partial charge in [-0.25, -0.2) is 0 Å². The van der Waals surface area contributed by atoms with Gasteiger partial charge in [0, 0.05) is 49.0 Å². The molecule has 2 fully saturated rings. The molecule has 1 aliphatic carbocycles. The minimum absolute atomic E-state index is 0.00907. The lowest BCUT2D eigenvalue weighted by atomic mass is 9.83. The van der Waals surface area contributed by atoms with E-state index < -0.39 is 0 Å². The van der Waals surface area contributed by atoms with E-state index in [0.717, 1.165) is 38.2 Å². The van der Waals surface area contributed by atoms with Gasteiger partial charge in [0.2, 0.25) is 11.8 Å². The highest BCUT2D eigenvalue weighted by atomic mass is 16.2. The van der Waals surface area contributed by atoms with Gasteiger partial charge in [0.15, 0.2) is 0 Å². The Morgan fingerprint density at radius 3 is 2.52 bits per heavy atom. The first-order valence-electron chi connectivity index (χ1n) is 8.75. The second-order valence-corrected chi connectivity index (χ2v) is 7.55. The molecule has 1 saturated carbocycles. The Balaban J connectivity index is 1.64. The molecule has 4 heteroatoms. The van der Waals surface area contributed by atoms with Gasteiger partial charge in [0.1, 0.15) is 0 Å². The molecule has 0 bridgehead atoms. The number of hydrogen-bond acceptors (Lipinski definition) is 2. The Bertz CT molecular complexity index is 651. The smallest absolute Gasteiger partial charge is 0.229 e. The van der Waals surface area contributed by atoms with Crippen molar-refractivity contribution in [2.45, 2.75) is 32.6 Å². The van der Waals surface area contributed by atoms with Gasteiger partial charge in [0.25, 0.3) is 0 Å². The molecule has 1 aromatic rings. The molecular weight excluding hydrogens is 288 g/mol. The zero-order chi connectivity index (χ0) is 16.1. The first kappa shape index (κ1) is 14.7. The van der Waals surface area contributed by atoms with Crippen LogP contribution in [0.25, 0.3) is 0 Å². The van der Waals surface area contributed by atoms with E-state index in [9.17, 15) is 9.59 Å². The van der Waals surface area contributed by atoms with Gasteiger partial charge in [-0.2, -0.15) is 0 Å². The first-order chi connectivity index (χ1) is 11.1. The van der Waals surface area contributed by atoms with Crippen molar-refractivity contribution in [1.29, 1.82) is 0 Å². The van der Waals surface area contributed by atoms with Crippen molar-refractivity contribution in [2.24, 2.45) is 17.8 Å². The number of amides is 2. The Hall–Kier alpha value is -1.84. The Morgan fingerprint density at radius 1 is 1.09 bits per heavy atom. The predicted octanol–water partition coefficient (Wildman–Crippen LogP) is 2.64. The average Bonchev–Trinajstić information content (AvgIpc) is 3.31. The molecule has 0 radical (unpaired) electrons. The Labute approximate surface area is 137 Å². The van der Waals surface area contributed by atoms with Gasteiger partial charge in [-0.3, -0.25) is 9.59 Å². The summed E-state index contributed by atoms with van der Waals surface area (Å²) in [5.41, 5.74) is 2.29. The normalized spacial score (nSPS) is 26.2. The number of benzene rings is 1. The molecule has 4 rings (SSSR count). The third-order valence-corrected chi connectivity index (χ3v) is 5.48. The lowest BCUT2D eigenvalue weighted by Crippen LogP contribution is -2.43. The highest BCUT2D eigenvalue weighted by Gasteiger charge is 2.45. The van der Waals surface area contributed by atoms with Crippen LogP contribution in [-0.2, 0) is 9.59 Å². The van der Waals surface area contributed by atoms with E-state index in [-0.39, 0.29) is 17.7 Å². The van der Waals surface area contributed by atoms with Gasteiger partial charge >= 0.3 is 0 Å². The maximum absolute atomic E-state index is 12.6. The lowest BCUT2D eigenvalue weighted by Gasteiger charge is -2.37. The van der Waals surface area contributed by atoms with Gasteiger partial charge in [-0.15, -0.1) is 0 Å². The summed E-state index contributed by atoms with van der Waals surface area (Å²) in [7, 11) is 0. The minimum Gasteiger partial charge on any atom is -0.341 e. The summed E-state index contributed by atoms with van der Waals surface area (Å²) in [6.07, 6.45) is 2.11. The summed E-state index contributed by atoms with van der Waals surface area (Å²) in [5.74, 6) is 1.53. The summed E-state index contributed by atoms with van der Waals surface area (Å²) >= 11 is 0. The van der Waals surface area contributed by atoms with Crippen LogP contribution in [0.1, 0.15) is 38.2 Å². The molecule has 2 heterocycles. The summed E-state index contributed by atoms with van der Waals surface area (Å²) in [6.45, 7) is 6.27. The van der Waals surface area contributed by atoms with Crippen LogP contribution in [0.2, 0.25) is 0 Å². The van der Waals surface area contributed by atoms with Crippen molar-refractivity contribution in [3.63, 3.8) is 0 Å². The van der Waals surface area contributed by atoms with Crippen molar-refractivity contribution in [3.05, 3.63) is 29.8 Å². The van der Waals surface area contributed by atoms with E-state index in [1.807, 2.05) is 35.8 Å². The summed E-state index contributed by atoms with van der Waals surface area (Å²) in [4.78, 5) is 29.1. The highest BCUT2D eigenvalue weighted by molar-refractivity contribution is 5.96. The minimum atomic E-state index is -0.00907. The number of carbonyl (C=O) groups is 2. The molecule has 0 N–H and O–H groups in total. The lowest BCUT2D eigenvalue weighted by molar-refractivity contribution is -0.131. The van der Waals surface area contributed by atoms with E-state index >= 15 is 0 Å². The van der Waals surface area contributed by atoms with E-state index in [4.69, 9.17) is 0 Å². The van der Waals surface area contributed by atoms with E-state index in [1.165, 1.54) is 5.56 Å². The predicted molar refractivity (Wildman–Crippen MR) is 89.2 cm³/mol. The van der Waals surface area contributed by atoms with Gasteiger partial charge in [-0.1, -0.05) is 32.0 Å². The van der Waals surface area contributed by atoms with Gasteiger partial charge in [0.05, 0.1) is 0 Å². The molecule has 1 aromatic carbocycles. The molecule has 122 valence electrons. The molecule has 0 unspecified atom stereocenters. The van der Waals surface area contributed by atoms with Crippen LogP contribution < -0.4 is 4.90 Å². The monoisotopic (exact) mass is 312 g/mol. The second-order valence-electron chi connectivity index (χ2n) is 7.55. The number of anilines is 1. The molecule has 4 nitrogen and oxygen atoms in total. The zero-order valence-corrected chi connectivity index (χ0v) is 13.9. The van der Waals surface area contributed by atoms with Gasteiger partial charge < -0.3 is 9.80 Å². The number of carbonyl (C=O) groups excluding carboxylic acids is 2. The molecule has 0 spiro atoms. The third-order valence-electron chi connectivity index (χ3n) is 5.48. The fraction of sp³-hybridized carbons (Fsp3) is 0.579. The standard InChI is InChI=1S/C19H24N2O2/c1-12(2)18(22)21-10-14-9-20(19(23)13-7-8-13)11-16(14)15-5-3-4-6-17(15)21/h3-6,12-14,16H,7-11H2,1-2H3/t14-,16+/m1/s1. The molecule has 2 amide bonds. The van der Waals surface area contributed by atoms with E-state index in [2.05, 4.69) is 12.1 Å². The summed E-state index contributed by atoms with van der Waals surface area (Å²) in [5, 5.41) is 0. The molecule has 3 aliphatic rings. The largest absolute Gasteiger partial charge is 0.341 e.